The van der Waals surface area contributed by atoms with E-state index in [4.69, 9.17) is 4.74 Å². The molecule has 2 aliphatic rings. The number of anilines is 2. The average Bonchev–Trinajstić information content (AvgIpc) is 2.84. The maximum absolute atomic E-state index is 13.3. The van der Waals surface area contributed by atoms with Crippen LogP contribution in [0.25, 0.3) is 10.9 Å². The van der Waals surface area contributed by atoms with E-state index in [0.717, 1.165) is 30.1 Å². The quantitative estimate of drug-likeness (QED) is 0.601. The SMILES string of the molecule is O=S(=O)(c1cccc2cccnc12)N1CCN(c2ccc(N3CCOCC3)nn2)CC1. The summed E-state index contributed by atoms with van der Waals surface area (Å²) in [6, 6.07) is 12.9. The van der Waals surface area contributed by atoms with E-state index in [-0.39, 0.29) is 4.90 Å². The first kappa shape index (κ1) is 20.1. The largest absolute Gasteiger partial charge is 0.378 e. The molecular formula is C21H24N6O3S. The highest BCUT2D eigenvalue weighted by Gasteiger charge is 2.30. The molecule has 31 heavy (non-hydrogen) atoms. The van der Waals surface area contributed by atoms with Gasteiger partial charge in [0.25, 0.3) is 0 Å². The van der Waals surface area contributed by atoms with Gasteiger partial charge in [-0.05, 0) is 24.3 Å². The summed E-state index contributed by atoms with van der Waals surface area (Å²) >= 11 is 0. The van der Waals surface area contributed by atoms with Crippen molar-refractivity contribution in [2.24, 2.45) is 0 Å². The van der Waals surface area contributed by atoms with Gasteiger partial charge in [-0.1, -0.05) is 18.2 Å². The molecule has 2 fully saturated rings. The minimum Gasteiger partial charge on any atom is -0.378 e. The number of hydrogen-bond acceptors (Lipinski definition) is 8. The van der Waals surface area contributed by atoms with E-state index in [1.54, 1.807) is 18.3 Å². The lowest BCUT2D eigenvalue weighted by Crippen LogP contribution is -2.49. The van der Waals surface area contributed by atoms with E-state index in [1.165, 1.54) is 4.31 Å². The number of nitrogens with zero attached hydrogens (tertiary/aromatic N) is 6. The van der Waals surface area contributed by atoms with Gasteiger partial charge in [0.05, 0.1) is 18.7 Å². The number of sulfonamides is 1. The number of benzene rings is 1. The molecule has 5 rings (SSSR count). The van der Waals surface area contributed by atoms with Crippen molar-refractivity contribution in [1.29, 1.82) is 0 Å². The van der Waals surface area contributed by atoms with Gasteiger partial charge in [-0.2, -0.15) is 4.31 Å². The van der Waals surface area contributed by atoms with Crippen LogP contribution in [0.3, 0.4) is 0 Å². The minimum absolute atomic E-state index is 0.258. The van der Waals surface area contributed by atoms with Gasteiger partial charge >= 0.3 is 0 Å². The Morgan fingerprint density at radius 1 is 0.774 bits per heavy atom. The molecule has 1 aromatic carbocycles. The predicted octanol–water partition coefficient (Wildman–Crippen LogP) is 1.37. The first-order valence-corrected chi connectivity index (χ1v) is 11.8. The fourth-order valence-corrected chi connectivity index (χ4v) is 5.62. The molecule has 2 aliphatic heterocycles. The van der Waals surface area contributed by atoms with Crippen molar-refractivity contribution in [3.8, 4) is 0 Å². The maximum Gasteiger partial charge on any atom is 0.245 e. The number of aromatic nitrogens is 3. The van der Waals surface area contributed by atoms with Crippen molar-refractivity contribution in [3.63, 3.8) is 0 Å². The molecule has 4 heterocycles. The molecule has 0 amide bonds. The standard InChI is InChI=1S/C21H24N6O3S/c28-31(29,18-5-1-3-17-4-2-8-22-21(17)18)27-11-9-25(10-12-27)19-6-7-20(24-23-19)26-13-15-30-16-14-26/h1-8H,9-16H2. The smallest absolute Gasteiger partial charge is 0.245 e. The summed E-state index contributed by atoms with van der Waals surface area (Å²) in [6.45, 7) is 4.92. The summed E-state index contributed by atoms with van der Waals surface area (Å²) in [7, 11) is -3.63. The Balaban J connectivity index is 1.28. The van der Waals surface area contributed by atoms with Crippen LogP contribution in [0.4, 0.5) is 11.6 Å². The predicted molar refractivity (Wildman–Crippen MR) is 118 cm³/mol. The topological polar surface area (TPSA) is 91.8 Å². The molecule has 0 radical (unpaired) electrons. The van der Waals surface area contributed by atoms with Crippen molar-refractivity contribution in [3.05, 3.63) is 48.7 Å². The number of ether oxygens (including phenoxy) is 1. The summed E-state index contributed by atoms with van der Waals surface area (Å²) in [6.07, 6.45) is 1.62. The van der Waals surface area contributed by atoms with Crippen LogP contribution in [0.15, 0.2) is 53.6 Å². The van der Waals surface area contributed by atoms with E-state index < -0.39 is 10.0 Å². The summed E-state index contributed by atoms with van der Waals surface area (Å²) in [4.78, 5) is 8.79. The zero-order chi connectivity index (χ0) is 21.3. The molecule has 3 aromatic rings. The maximum atomic E-state index is 13.3. The molecule has 0 spiro atoms. The fraction of sp³-hybridized carbons (Fsp3) is 0.381. The first-order valence-electron chi connectivity index (χ1n) is 10.4. The number of hydrogen-bond donors (Lipinski definition) is 0. The van der Waals surface area contributed by atoms with Crippen molar-refractivity contribution in [1.82, 2.24) is 19.5 Å². The van der Waals surface area contributed by atoms with Crippen molar-refractivity contribution >= 4 is 32.6 Å². The van der Waals surface area contributed by atoms with Gasteiger partial charge in [-0.3, -0.25) is 4.98 Å². The van der Waals surface area contributed by atoms with Crippen molar-refractivity contribution in [2.45, 2.75) is 4.90 Å². The van der Waals surface area contributed by atoms with Gasteiger partial charge in [0.1, 0.15) is 4.90 Å². The lowest BCUT2D eigenvalue weighted by molar-refractivity contribution is 0.122. The molecule has 0 bridgehead atoms. The fourth-order valence-electron chi connectivity index (χ4n) is 4.03. The van der Waals surface area contributed by atoms with E-state index in [0.29, 0.717) is 44.9 Å². The Hall–Kier alpha value is -2.82. The lowest BCUT2D eigenvalue weighted by atomic mass is 10.2. The van der Waals surface area contributed by atoms with E-state index in [1.807, 2.05) is 30.3 Å². The Bertz CT molecular complexity index is 1150. The van der Waals surface area contributed by atoms with Crippen molar-refractivity contribution in [2.75, 3.05) is 62.3 Å². The second-order valence-electron chi connectivity index (χ2n) is 7.57. The normalized spacial score (nSPS) is 18.5. The molecule has 0 saturated carbocycles. The summed E-state index contributed by atoms with van der Waals surface area (Å²) in [5.74, 6) is 1.61. The summed E-state index contributed by atoms with van der Waals surface area (Å²) < 4.78 is 33.5. The van der Waals surface area contributed by atoms with Crippen LogP contribution in [0.1, 0.15) is 0 Å². The molecule has 0 atom stereocenters. The molecular weight excluding hydrogens is 416 g/mol. The number of fused-ring (bicyclic) bond motifs is 1. The molecule has 0 unspecified atom stereocenters. The number of pyridine rings is 1. The van der Waals surface area contributed by atoms with Crippen LogP contribution < -0.4 is 9.80 Å². The number of rotatable bonds is 4. The Morgan fingerprint density at radius 3 is 2.10 bits per heavy atom. The second kappa shape index (κ2) is 8.37. The Labute approximate surface area is 181 Å². The second-order valence-corrected chi connectivity index (χ2v) is 9.48. The van der Waals surface area contributed by atoms with Crippen molar-refractivity contribution < 1.29 is 13.2 Å². The Kier molecular flexibility index (Phi) is 5.43. The number of morpholine rings is 1. The summed E-state index contributed by atoms with van der Waals surface area (Å²) in [5, 5.41) is 9.56. The van der Waals surface area contributed by atoms with Gasteiger partial charge in [-0.15, -0.1) is 10.2 Å². The van der Waals surface area contributed by atoms with Crippen LogP contribution >= 0.6 is 0 Å². The lowest BCUT2D eigenvalue weighted by Gasteiger charge is -2.34. The zero-order valence-electron chi connectivity index (χ0n) is 17.1. The molecule has 0 aliphatic carbocycles. The highest BCUT2D eigenvalue weighted by Crippen LogP contribution is 2.25. The van der Waals surface area contributed by atoms with E-state index >= 15 is 0 Å². The Morgan fingerprint density at radius 2 is 1.42 bits per heavy atom. The number of para-hydroxylation sites is 1. The molecule has 9 nitrogen and oxygen atoms in total. The molecule has 2 saturated heterocycles. The van der Waals surface area contributed by atoms with Crippen LogP contribution in [-0.4, -0.2) is 80.4 Å². The highest BCUT2D eigenvalue weighted by atomic mass is 32.2. The van der Waals surface area contributed by atoms with E-state index in [9.17, 15) is 8.42 Å². The van der Waals surface area contributed by atoms with Crippen LogP contribution in [0.5, 0.6) is 0 Å². The van der Waals surface area contributed by atoms with Crippen LogP contribution in [0, 0.1) is 0 Å². The minimum atomic E-state index is -3.63. The third-order valence-electron chi connectivity index (χ3n) is 5.75. The van der Waals surface area contributed by atoms with E-state index in [2.05, 4.69) is 25.0 Å². The number of piperazine rings is 1. The monoisotopic (exact) mass is 440 g/mol. The van der Waals surface area contributed by atoms with Gasteiger partial charge in [0.2, 0.25) is 10.0 Å². The van der Waals surface area contributed by atoms with Crippen LogP contribution in [0.2, 0.25) is 0 Å². The van der Waals surface area contributed by atoms with Gasteiger partial charge in [0.15, 0.2) is 11.6 Å². The first-order chi connectivity index (χ1) is 15.1. The van der Waals surface area contributed by atoms with Gasteiger partial charge in [0, 0.05) is 50.9 Å². The summed E-state index contributed by atoms with van der Waals surface area (Å²) in [5.41, 5.74) is 0.511. The molecule has 162 valence electrons. The molecule has 10 heteroatoms. The average molecular weight is 441 g/mol. The third-order valence-corrected chi connectivity index (χ3v) is 7.68. The zero-order valence-corrected chi connectivity index (χ0v) is 17.9. The van der Waals surface area contributed by atoms with Gasteiger partial charge in [-0.25, -0.2) is 8.42 Å². The highest BCUT2D eigenvalue weighted by molar-refractivity contribution is 7.89. The molecule has 0 N–H and O–H groups in total. The molecule has 2 aromatic heterocycles. The van der Waals surface area contributed by atoms with Crippen LogP contribution in [-0.2, 0) is 14.8 Å². The third kappa shape index (κ3) is 3.93. The van der Waals surface area contributed by atoms with Gasteiger partial charge < -0.3 is 14.5 Å².